The van der Waals surface area contributed by atoms with Crippen molar-refractivity contribution in [3.05, 3.63) is 40.3 Å². The van der Waals surface area contributed by atoms with E-state index < -0.39 is 0 Å². The maximum absolute atomic E-state index is 11.2. The summed E-state index contributed by atoms with van der Waals surface area (Å²) < 4.78 is 1.43. The Balaban J connectivity index is 2.22. The highest BCUT2D eigenvalue weighted by Gasteiger charge is 2.06. The fourth-order valence-electron chi connectivity index (χ4n) is 1.23. The third-order valence-corrected chi connectivity index (χ3v) is 3.27. The van der Waals surface area contributed by atoms with Gasteiger partial charge in [0.1, 0.15) is 5.84 Å². The SMILES string of the molecule is Cn1c(Sc2ccc(C(=N)N)cc2)n[nH]c1=O. The Morgan fingerprint density at radius 1 is 1.47 bits per heavy atom. The number of aromatic amines is 1. The lowest BCUT2D eigenvalue weighted by Gasteiger charge is -2.01. The zero-order valence-corrected chi connectivity index (χ0v) is 9.91. The second-order valence-electron chi connectivity index (χ2n) is 3.41. The van der Waals surface area contributed by atoms with E-state index in [0.29, 0.717) is 10.7 Å². The average Bonchev–Trinajstić information content (AvgIpc) is 2.62. The summed E-state index contributed by atoms with van der Waals surface area (Å²) >= 11 is 1.36. The summed E-state index contributed by atoms with van der Waals surface area (Å²) in [6.45, 7) is 0. The fourth-order valence-corrected chi connectivity index (χ4v) is 2.03. The van der Waals surface area contributed by atoms with Crippen LogP contribution in [-0.2, 0) is 7.05 Å². The molecule has 6 nitrogen and oxygen atoms in total. The Labute approximate surface area is 101 Å². The molecule has 0 saturated heterocycles. The van der Waals surface area contributed by atoms with Gasteiger partial charge >= 0.3 is 5.69 Å². The molecule has 0 radical (unpaired) electrons. The molecule has 0 aliphatic carbocycles. The first-order valence-corrected chi connectivity index (χ1v) is 5.63. The van der Waals surface area contributed by atoms with E-state index in [4.69, 9.17) is 11.1 Å². The summed E-state index contributed by atoms with van der Waals surface area (Å²) in [5, 5.41) is 14.1. The molecule has 0 fully saturated rings. The molecule has 0 atom stereocenters. The highest BCUT2D eigenvalue weighted by Crippen LogP contribution is 2.24. The molecule has 4 N–H and O–H groups in total. The first kappa shape index (κ1) is 11.5. The zero-order chi connectivity index (χ0) is 12.4. The molecule has 1 aromatic carbocycles. The molecular formula is C10H11N5OS. The van der Waals surface area contributed by atoms with E-state index in [1.807, 2.05) is 12.1 Å². The van der Waals surface area contributed by atoms with E-state index >= 15 is 0 Å². The number of H-pyrrole nitrogens is 1. The Morgan fingerprint density at radius 2 is 2.12 bits per heavy atom. The molecule has 17 heavy (non-hydrogen) atoms. The molecule has 88 valence electrons. The standard InChI is InChI=1S/C10H11N5OS/c1-15-9(16)13-14-10(15)17-7-4-2-6(3-5-7)8(11)12/h2-5H,1H3,(H3,11,12)(H,13,16). The van der Waals surface area contributed by atoms with Gasteiger partial charge in [0.2, 0.25) is 0 Å². The number of rotatable bonds is 3. The molecule has 0 spiro atoms. The summed E-state index contributed by atoms with van der Waals surface area (Å²) in [6.07, 6.45) is 0. The first-order valence-electron chi connectivity index (χ1n) is 4.81. The van der Waals surface area contributed by atoms with Crippen LogP contribution in [0.3, 0.4) is 0 Å². The van der Waals surface area contributed by atoms with Crippen molar-refractivity contribution in [1.82, 2.24) is 14.8 Å². The van der Waals surface area contributed by atoms with Crippen LogP contribution in [0.2, 0.25) is 0 Å². The van der Waals surface area contributed by atoms with E-state index in [1.165, 1.54) is 16.3 Å². The smallest absolute Gasteiger partial charge is 0.343 e. The van der Waals surface area contributed by atoms with Crippen LogP contribution in [0.25, 0.3) is 0 Å². The average molecular weight is 249 g/mol. The lowest BCUT2D eigenvalue weighted by atomic mass is 10.2. The van der Waals surface area contributed by atoms with Crippen molar-refractivity contribution in [3.8, 4) is 0 Å². The van der Waals surface area contributed by atoms with Crippen molar-refractivity contribution in [2.24, 2.45) is 12.8 Å². The number of nitrogens with zero attached hydrogens (tertiary/aromatic N) is 2. The maximum atomic E-state index is 11.2. The minimum atomic E-state index is -0.243. The van der Waals surface area contributed by atoms with E-state index in [-0.39, 0.29) is 11.5 Å². The zero-order valence-electron chi connectivity index (χ0n) is 9.10. The quantitative estimate of drug-likeness (QED) is 0.546. The Kier molecular flexibility index (Phi) is 3.01. The van der Waals surface area contributed by atoms with E-state index in [2.05, 4.69) is 10.2 Å². The van der Waals surface area contributed by atoms with Crippen LogP contribution in [0.4, 0.5) is 0 Å². The maximum Gasteiger partial charge on any atom is 0.343 e. The van der Waals surface area contributed by atoms with Gasteiger partial charge in [-0.15, -0.1) is 5.10 Å². The largest absolute Gasteiger partial charge is 0.384 e. The van der Waals surface area contributed by atoms with Gasteiger partial charge in [0.05, 0.1) is 0 Å². The van der Waals surface area contributed by atoms with Crippen molar-refractivity contribution in [3.63, 3.8) is 0 Å². The van der Waals surface area contributed by atoms with Gasteiger partial charge in [-0.3, -0.25) is 9.98 Å². The van der Waals surface area contributed by atoms with Gasteiger partial charge in [-0.25, -0.2) is 9.89 Å². The van der Waals surface area contributed by atoms with E-state index in [1.54, 1.807) is 19.2 Å². The number of benzene rings is 1. The van der Waals surface area contributed by atoms with Crippen LogP contribution >= 0.6 is 11.8 Å². The number of amidine groups is 1. The predicted molar refractivity (Wildman–Crippen MR) is 65.4 cm³/mol. The van der Waals surface area contributed by atoms with Crippen LogP contribution < -0.4 is 11.4 Å². The summed E-state index contributed by atoms with van der Waals surface area (Å²) in [5.74, 6) is 0.0359. The van der Waals surface area contributed by atoms with Crippen LogP contribution in [0, 0.1) is 5.41 Å². The summed E-state index contributed by atoms with van der Waals surface area (Å²) in [5.41, 5.74) is 5.79. The summed E-state index contributed by atoms with van der Waals surface area (Å²) in [7, 11) is 1.65. The van der Waals surface area contributed by atoms with Crippen LogP contribution in [0.15, 0.2) is 39.1 Å². The lowest BCUT2D eigenvalue weighted by molar-refractivity contribution is 0.766. The third-order valence-electron chi connectivity index (χ3n) is 2.21. The number of hydrogen-bond acceptors (Lipinski definition) is 4. The molecule has 7 heteroatoms. The number of hydrogen-bond donors (Lipinski definition) is 3. The molecule has 0 saturated carbocycles. The van der Waals surface area contributed by atoms with Crippen molar-refractivity contribution in [1.29, 1.82) is 5.41 Å². The number of nitrogens with two attached hydrogens (primary N) is 1. The molecule has 1 aromatic heterocycles. The highest BCUT2D eigenvalue weighted by molar-refractivity contribution is 7.99. The monoisotopic (exact) mass is 249 g/mol. The van der Waals surface area contributed by atoms with Crippen LogP contribution in [-0.4, -0.2) is 20.6 Å². The molecule has 0 amide bonds. The third kappa shape index (κ3) is 2.39. The molecule has 0 aliphatic rings. The second kappa shape index (κ2) is 4.46. The molecule has 0 unspecified atom stereocenters. The molecule has 2 rings (SSSR count). The van der Waals surface area contributed by atoms with Crippen LogP contribution in [0.5, 0.6) is 0 Å². The first-order chi connectivity index (χ1) is 8.08. The Morgan fingerprint density at radius 3 is 2.59 bits per heavy atom. The molecule has 0 aliphatic heterocycles. The summed E-state index contributed by atoms with van der Waals surface area (Å²) in [6, 6.07) is 7.19. The predicted octanol–water partition coefficient (Wildman–Crippen LogP) is 0.544. The van der Waals surface area contributed by atoms with Gasteiger partial charge < -0.3 is 5.73 Å². The van der Waals surface area contributed by atoms with Crippen molar-refractivity contribution >= 4 is 17.6 Å². The van der Waals surface area contributed by atoms with Gasteiger partial charge in [0, 0.05) is 17.5 Å². The topological polar surface area (TPSA) is 101 Å². The molecule has 2 aromatic rings. The van der Waals surface area contributed by atoms with Crippen molar-refractivity contribution in [2.75, 3.05) is 0 Å². The highest BCUT2D eigenvalue weighted by atomic mass is 32.2. The second-order valence-corrected chi connectivity index (χ2v) is 4.45. The fraction of sp³-hybridized carbons (Fsp3) is 0.100. The Bertz CT molecular complexity index is 598. The minimum Gasteiger partial charge on any atom is -0.384 e. The van der Waals surface area contributed by atoms with Gasteiger partial charge in [0.25, 0.3) is 0 Å². The van der Waals surface area contributed by atoms with E-state index in [0.717, 1.165) is 4.90 Å². The Hall–Kier alpha value is -2.02. The van der Waals surface area contributed by atoms with Crippen molar-refractivity contribution in [2.45, 2.75) is 10.1 Å². The minimum absolute atomic E-state index is 0.0359. The number of aromatic nitrogens is 3. The molecular weight excluding hydrogens is 238 g/mol. The van der Waals surface area contributed by atoms with Gasteiger partial charge in [-0.05, 0) is 23.9 Å². The summed E-state index contributed by atoms with van der Waals surface area (Å²) in [4.78, 5) is 12.1. The van der Waals surface area contributed by atoms with Crippen LogP contribution in [0.1, 0.15) is 5.56 Å². The van der Waals surface area contributed by atoms with Gasteiger partial charge in [-0.2, -0.15) is 0 Å². The van der Waals surface area contributed by atoms with E-state index in [9.17, 15) is 4.79 Å². The number of nitrogen functional groups attached to an aromatic ring is 1. The molecule has 0 bridgehead atoms. The van der Waals surface area contributed by atoms with Gasteiger partial charge in [-0.1, -0.05) is 12.1 Å². The van der Waals surface area contributed by atoms with Crippen molar-refractivity contribution < 1.29 is 0 Å². The normalized spacial score (nSPS) is 10.4. The van der Waals surface area contributed by atoms with Gasteiger partial charge in [0.15, 0.2) is 5.16 Å². The molecule has 1 heterocycles. The number of nitrogens with one attached hydrogen (secondary N) is 2. The lowest BCUT2D eigenvalue weighted by Crippen LogP contribution is -2.12.